The van der Waals surface area contributed by atoms with Crippen molar-refractivity contribution in [3.05, 3.63) is 26.7 Å². The SMILES string of the molecule is CCCn1c(=O)c2c(nc(C3CCCC3)n2COC(=O)C(C)(C)C)n(CCCF)c1=O. The molecule has 0 aliphatic heterocycles. The molecule has 0 saturated heterocycles. The fourth-order valence-electron chi connectivity index (χ4n) is 4.11. The summed E-state index contributed by atoms with van der Waals surface area (Å²) in [5, 5.41) is 0. The number of aromatic nitrogens is 4. The molecule has 0 unspecified atom stereocenters. The molecule has 8 nitrogen and oxygen atoms in total. The Morgan fingerprint density at radius 2 is 1.81 bits per heavy atom. The van der Waals surface area contributed by atoms with E-state index in [1.165, 1.54) is 9.13 Å². The zero-order valence-corrected chi connectivity index (χ0v) is 18.9. The van der Waals surface area contributed by atoms with E-state index < -0.39 is 23.3 Å². The Balaban J connectivity index is 2.23. The van der Waals surface area contributed by atoms with E-state index >= 15 is 0 Å². The molecule has 1 saturated carbocycles. The van der Waals surface area contributed by atoms with E-state index in [0.717, 1.165) is 25.7 Å². The number of ether oxygens (including phenoxy) is 1. The van der Waals surface area contributed by atoms with Crippen molar-refractivity contribution in [3.8, 4) is 0 Å². The first-order valence-electron chi connectivity index (χ1n) is 11.2. The van der Waals surface area contributed by atoms with Crippen LogP contribution in [0.25, 0.3) is 11.2 Å². The van der Waals surface area contributed by atoms with E-state index in [4.69, 9.17) is 9.72 Å². The zero-order valence-electron chi connectivity index (χ0n) is 18.9. The molecule has 0 aromatic carbocycles. The lowest BCUT2D eigenvalue weighted by Crippen LogP contribution is -2.41. The van der Waals surface area contributed by atoms with E-state index in [9.17, 15) is 18.8 Å². The second-order valence-corrected chi connectivity index (χ2v) is 9.30. The highest BCUT2D eigenvalue weighted by atomic mass is 19.1. The lowest BCUT2D eigenvalue weighted by Gasteiger charge is -2.19. The molecule has 0 bridgehead atoms. The number of carbonyl (C=O) groups is 1. The molecule has 1 fully saturated rings. The number of carbonyl (C=O) groups excluding carboxylic acids is 1. The lowest BCUT2D eigenvalue weighted by molar-refractivity contribution is -0.156. The molecule has 0 amide bonds. The first-order valence-corrected chi connectivity index (χ1v) is 11.2. The zero-order chi connectivity index (χ0) is 22.8. The van der Waals surface area contributed by atoms with Crippen LogP contribution >= 0.6 is 0 Å². The number of halogens is 1. The molecule has 172 valence electrons. The van der Waals surface area contributed by atoms with Crippen LogP contribution in [0.2, 0.25) is 0 Å². The molecule has 3 rings (SSSR count). The highest BCUT2D eigenvalue weighted by Crippen LogP contribution is 2.34. The molecule has 0 spiro atoms. The standard InChI is InChI=1S/C22H33FN4O4/c1-5-12-26-19(28)16-18(25(21(26)30)13-8-11-23)24-17(15-9-6-7-10-15)27(16)14-31-20(29)22(2,3)4/h15H,5-14H2,1-4H3. The highest BCUT2D eigenvalue weighted by molar-refractivity contribution is 5.75. The highest BCUT2D eigenvalue weighted by Gasteiger charge is 2.29. The molecule has 0 atom stereocenters. The van der Waals surface area contributed by atoms with Crippen molar-refractivity contribution in [2.24, 2.45) is 5.41 Å². The van der Waals surface area contributed by atoms with Crippen LogP contribution < -0.4 is 11.2 Å². The third-order valence-electron chi connectivity index (χ3n) is 5.76. The molecule has 9 heteroatoms. The monoisotopic (exact) mass is 436 g/mol. The van der Waals surface area contributed by atoms with Gasteiger partial charge in [0.2, 0.25) is 0 Å². The van der Waals surface area contributed by atoms with Gasteiger partial charge in [-0.2, -0.15) is 0 Å². The van der Waals surface area contributed by atoms with Gasteiger partial charge in [0.05, 0.1) is 12.1 Å². The van der Waals surface area contributed by atoms with Crippen molar-refractivity contribution in [2.75, 3.05) is 6.67 Å². The summed E-state index contributed by atoms with van der Waals surface area (Å²) in [6, 6.07) is 0. The average Bonchev–Trinajstić information content (AvgIpc) is 3.36. The van der Waals surface area contributed by atoms with Gasteiger partial charge in [-0.3, -0.25) is 27.7 Å². The first-order chi connectivity index (χ1) is 14.7. The maximum absolute atomic E-state index is 13.3. The predicted molar refractivity (Wildman–Crippen MR) is 116 cm³/mol. The molecular formula is C22H33FN4O4. The third kappa shape index (κ3) is 4.60. The molecular weight excluding hydrogens is 403 g/mol. The number of aryl methyl sites for hydroxylation is 1. The van der Waals surface area contributed by atoms with E-state index in [0.29, 0.717) is 12.2 Å². The quantitative estimate of drug-likeness (QED) is 0.592. The van der Waals surface area contributed by atoms with Gasteiger partial charge in [-0.15, -0.1) is 0 Å². The van der Waals surface area contributed by atoms with Gasteiger partial charge in [0.25, 0.3) is 5.56 Å². The maximum atomic E-state index is 13.3. The second kappa shape index (κ2) is 9.36. The molecule has 0 radical (unpaired) electrons. The second-order valence-electron chi connectivity index (χ2n) is 9.30. The summed E-state index contributed by atoms with van der Waals surface area (Å²) in [6.07, 6.45) is 4.73. The Bertz CT molecular complexity index is 1050. The van der Waals surface area contributed by atoms with Gasteiger partial charge in [-0.05, 0) is 46.5 Å². The Hall–Kier alpha value is -2.45. The van der Waals surface area contributed by atoms with E-state index in [2.05, 4.69) is 0 Å². The van der Waals surface area contributed by atoms with Crippen LogP contribution in [-0.4, -0.2) is 31.3 Å². The number of fused-ring (bicyclic) bond motifs is 1. The van der Waals surface area contributed by atoms with Crippen LogP contribution in [-0.2, 0) is 29.4 Å². The largest absolute Gasteiger partial charge is 0.443 e. The van der Waals surface area contributed by atoms with Gasteiger partial charge in [-0.1, -0.05) is 19.8 Å². The van der Waals surface area contributed by atoms with Gasteiger partial charge < -0.3 is 4.74 Å². The summed E-state index contributed by atoms with van der Waals surface area (Å²) < 4.78 is 22.7. The number of nitrogens with zero attached hydrogens (tertiary/aromatic N) is 4. The van der Waals surface area contributed by atoms with Gasteiger partial charge in [-0.25, -0.2) is 9.78 Å². The van der Waals surface area contributed by atoms with Crippen LogP contribution in [0.5, 0.6) is 0 Å². The summed E-state index contributed by atoms with van der Waals surface area (Å²) in [5.41, 5.74) is -1.10. The fraction of sp³-hybridized carbons (Fsp3) is 0.727. The van der Waals surface area contributed by atoms with Gasteiger partial charge in [0.15, 0.2) is 17.9 Å². The minimum Gasteiger partial charge on any atom is -0.443 e. The Labute approximate surface area is 181 Å². The topological polar surface area (TPSA) is 88.1 Å². The van der Waals surface area contributed by atoms with Crippen LogP contribution in [0.1, 0.15) is 78.0 Å². The fourth-order valence-corrected chi connectivity index (χ4v) is 4.11. The molecule has 1 aliphatic carbocycles. The van der Waals surface area contributed by atoms with Crippen molar-refractivity contribution in [3.63, 3.8) is 0 Å². The molecule has 2 heterocycles. The predicted octanol–water partition coefficient (Wildman–Crippen LogP) is 3.33. The maximum Gasteiger partial charge on any atom is 0.332 e. The minimum atomic E-state index is -0.685. The van der Waals surface area contributed by atoms with Crippen molar-refractivity contribution in [1.82, 2.24) is 18.7 Å². The summed E-state index contributed by atoms with van der Waals surface area (Å²) in [4.78, 5) is 43.5. The molecule has 0 N–H and O–H groups in total. The van der Waals surface area contributed by atoms with Crippen molar-refractivity contribution in [1.29, 1.82) is 0 Å². The molecule has 31 heavy (non-hydrogen) atoms. The van der Waals surface area contributed by atoms with E-state index in [-0.39, 0.29) is 49.3 Å². The molecule has 1 aliphatic rings. The summed E-state index contributed by atoms with van der Waals surface area (Å²) in [7, 11) is 0. The van der Waals surface area contributed by atoms with Gasteiger partial charge in [0, 0.05) is 19.0 Å². The van der Waals surface area contributed by atoms with Crippen molar-refractivity contribution < 1.29 is 13.9 Å². The lowest BCUT2D eigenvalue weighted by atomic mass is 9.98. The van der Waals surface area contributed by atoms with Gasteiger partial charge in [0.1, 0.15) is 5.82 Å². The van der Waals surface area contributed by atoms with Crippen molar-refractivity contribution in [2.45, 2.75) is 92.0 Å². The Kier molecular flexibility index (Phi) is 7.01. The summed E-state index contributed by atoms with van der Waals surface area (Å²) in [5.74, 6) is 0.407. The molecule has 2 aromatic rings. The van der Waals surface area contributed by atoms with Gasteiger partial charge >= 0.3 is 11.7 Å². The normalized spacial score (nSPS) is 15.1. The molecule has 2 aromatic heterocycles. The number of hydrogen-bond acceptors (Lipinski definition) is 5. The van der Waals surface area contributed by atoms with E-state index in [1.807, 2.05) is 6.92 Å². The van der Waals surface area contributed by atoms with Crippen molar-refractivity contribution >= 4 is 17.1 Å². The summed E-state index contributed by atoms with van der Waals surface area (Å²) >= 11 is 0. The Morgan fingerprint density at radius 1 is 1.13 bits per heavy atom. The van der Waals surface area contributed by atoms with Crippen LogP contribution in [0.3, 0.4) is 0 Å². The third-order valence-corrected chi connectivity index (χ3v) is 5.76. The number of alkyl halides is 1. The van der Waals surface area contributed by atoms with Crippen LogP contribution in [0.4, 0.5) is 4.39 Å². The Morgan fingerprint density at radius 3 is 2.39 bits per heavy atom. The number of hydrogen-bond donors (Lipinski definition) is 0. The van der Waals surface area contributed by atoms with E-state index in [1.54, 1.807) is 25.3 Å². The summed E-state index contributed by atoms with van der Waals surface area (Å²) in [6.45, 7) is 6.87. The number of esters is 1. The number of imidazole rings is 1. The average molecular weight is 437 g/mol. The smallest absolute Gasteiger partial charge is 0.332 e. The number of rotatable bonds is 8. The van der Waals surface area contributed by atoms with Crippen LogP contribution in [0, 0.1) is 5.41 Å². The first kappa shape index (κ1) is 23.2. The van der Waals surface area contributed by atoms with Crippen LogP contribution in [0.15, 0.2) is 9.59 Å². The minimum absolute atomic E-state index is 0.129.